The van der Waals surface area contributed by atoms with Gasteiger partial charge in [0.1, 0.15) is 0 Å². The van der Waals surface area contributed by atoms with Crippen molar-refractivity contribution in [1.29, 1.82) is 0 Å². The summed E-state index contributed by atoms with van der Waals surface area (Å²) in [5.74, 6) is -0.572. The Balaban J connectivity index is 1.52. The number of hydrogen-bond acceptors (Lipinski definition) is 3. The molecule has 2 fully saturated rings. The number of halogens is 1. The van der Waals surface area contributed by atoms with E-state index in [9.17, 15) is 9.59 Å². The molecule has 3 rings (SSSR count). The van der Waals surface area contributed by atoms with E-state index in [4.69, 9.17) is 4.74 Å². The van der Waals surface area contributed by atoms with Crippen molar-refractivity contribution in [3.8, 4) is 0 Å². The summed E-state index contributed by atoms with van der Waals surface area (Å²) < 4.78 is 6.15. The van der Waals surface area contributed by atoms with Crippen LogP contribution in [0.3, 0.4) is 0 Å². The Bertz CT molecular complexity index is 725. The van der Waals surface area contributed by atoms with Crippen molar-refractivity contribution in [3.63, 3.8) is 0 Å². The quantitative estimate of drug-likeness (QED) is 0.535. The van der Waals surface area contributed by atoms with Crippen LogP contribution < -0.4 is 0 Å². The molecule has 0 spiro atoms. The summed E-state index contributed by atoms with van der Waals surface area (Å²) in [6.45, 7) is 7.40. The molecule has 5 heteroatoms. The van der Waals surface area contributed by atoms with Gasteiger partial charge in [-0.1, -0.05) is 48.8 Å². The van der Waals surface area contributed by atoms with Gasteiger partial charge in [-0.15, -0.1) is 0 Å². The molecule has 1 aliphatic heterocycles. The summed E-state index contributed by atoms with van der Waals surface area (Å²) >= 11 is 3.37. The van der Waals surface area contributed by atoms with Crippen LogP contribution in [0.2, 0.25) is 0 Å². The summed E-state index contributed by atoms with van der Waals surface area (Å²) in [6.07, 6.45) is 6.26. The second-order valence-electron chi connectivity index (χ2n) is 8.73. The van der Waals surface area contributed by atoms with Crippen LogP contribution >= 0.6 is 15.9 Å². The van der Waals surface area contributed by atoms with Crippen LogP contribution in [0.15, 0.2) is 34.8 Å². The Morgan fingerprint density at radius 1 is 1.23 bits per heavy atom. The van der Waals surface area contributed by atoms with Crippen molar-refractivity contribution < 1.29 is 14.3 Å². The lowest BCUT2D eigenvalue weighted by Crippen LogP contribution is -2.39. The Labute approximate surface area is 163 Å². The molecule has 2 aliphatic rings. The molecule has 140 valence electrons. The third-order valence-electron chi connectivity index (χ3n) is 5.35. The Morgan fingerprint density at radius 3 is 2.62 bits per heavy atom. The fourth-order valence-corrected chi connectivity index (χ4v) is 5.02. The number of fused-ring (bicyclic) bond motifs is 2. The van der Waals surface area contributed by atoms with Crippen molar-refractivity contribution in [2.45, 2.75) is 46.1 Å². The first-order valence-corrected chi connectivity index (χ1v) is 9.85. The number of esters is 1. The molecule has 2 bridgehead atoms. The first kappa shape index (κ1) is 19.2. The van der Waals surface area contributed by atoms with Crippen LogP contribution in [0.1, 0.15) is 45.6 Å². The number of benzene rings is 1. The molecule has 2 atom stereocenters. The van der Waals surface area contributed by atoms with Gasteiger partial charge in [0.15, 0.2) is 6.61 Å². The molecular weight excluding hydrogens is 394 g/mol. The fourth-order valence-electron chi connectivity index (χ4n) is 4.75. The fraction of sp³-hybridized carbons (Fsp3) is 0.524. The molecule has 1 saturated carbocycles. The Kier molecular flexibility index (Phi) is 5.29. The molecule has 0 N–H and O–H groups in total. The van der Waals surface area contributed by atoms with Gasteiger partial charge in [0.05, 0.1) is 0 Å². The van der Waals surface area contributed by atoms with E-state index in [1.807, 2.05) is 29.2 Å². The van der Waals surface area contributed by atoms with E-state index >= 15 is 0 Å². The first-order chi connectivity index (χ1) is 12.2. The van der Waals surface area contributed by atoms with Crippen molar-refractivity contribution in [2.24, 2.45) is 10.8 Å². The summed E-state index contributed by atoms with van der Waals surface area (Å²) in [5.41, 5.74) is 1.35. The molecule has 0 aromatic heterocycles. The summed E-state index contributed by atoms with van der Waals surface area (Å²) in [4.78, 5) is 26.4. The van der Waals surface area contributed by atoms with Crippen LogP contribution in [-0.4, -0.2) is 36.0 Å². The van der Waals surface area contributed by atoms with E-state index in [0.717, 1.165) is 35.8 Å². The van der Waals surface area contributed by atoms with Crippen molar-refractivity contribution in [2.75, 3.05) is 13.2 Å². The van der Waals surface area contributed by atoms with Gasteiger partial charge < -0.3 is 9.64 Å². The number of amides is 1. The van der Waals surface area contributed by atoms with Crippen LogP contribution in [0.4, 0.5) is 0 Å². The topological polar surface area (TPSA) is 46.6 Å². The zero-order chi connectivity index (χ0) is 18.9. The van der Waals surface area contributed by atoms with E-state index in [-0.39, 0.29) is 29.4 Å². The third-order valence-corrected chi connectivity index (χ3v) is 5.88. The number of ether oxygens (including phenoxy) is 1. The van der Waals surface area contributed by atoms with Gasteiger partial charge in [-0.25, -0.2) is 4.79 Å². The standard InChI is InChI=1S/C21H26BrNO3/c1-20(2)10-17-11-21(3,13-20)14-23(17)18(24)12-26-19(25)9-6-15-4-7-16(22)8-5-15/h4-9,17H,10-14H2,1-3H3/b9-6+/t17-,21-/m0/s1. The largest absolute Gasteiger partial charge is 0.452 e. The summed E-state index contributed by atoms with van der Waals surface area (Å²) in [7, 11) is 0. The van der Waals surface area contributed by atoms with Crippen LogP contribution in [0.5, 0.6) is 0 Å². The highest BCUT2D eigenvalue weighted by Gasteiger charge is 2.50. The monoisotopic (exact) mass is 419 g/mol. The molecule has 4 nitrogen and oxygen atoms in total. The molecule has 26 heavy (non-hydrogen) atoms. The summed E-state index contributed by atoms with van der Waals surface area (Å²) in [6, 6.07) is 7.87. The minimum atomic E-state index is -0.491. The van der Waals surface area contributed by atoms with E-state index in [2.05, 4.69) is 36.7 Å². The molecule has 1 saturated heterocycles. The second kappa shape index (κ2) is 7.18. The number of hydrogen-bond donors (Lipinski definition) is 0. The molecule has 1 amide bonds. The Morgan fingerprint density at radius 2 is 1.92 bits per heavy atom. The van der Waals surface area contributed by atoms with Crippen LogP contribution in [-0.2, 0) is 14.3 Å². The van der Waals surface area contributed by atoms with Gasteiger partial charge in [0, 0.05) is 23.1 Å². The van der Waals surface area contributed by atoms with Gasteiger partial charge >= 0.3 is 5.97 Å². The van der Waals surface area contributed by atoms with Gasteiger partial charge in [0.25, 0.3) is 5.91 Å². The third kappa shape index (κ3) is 4.56. The zero-order valence-electron chi connectivity index (χ0n) is 15.6. The van der Waals surface area contributed by atoms with Crippen molar-refractivity contribution in [1.82, 2.24) is 4.90 Å². The minimum Gasteiger partial charge on any atom is -0.452 e. The second-order valence-corrected chi connectivity index (χ2v) is 9.64. The van der Waals surface area contributed by atoms with Crippen LogP contribution in [0, 0.1) is 10.8 Å². The average Bonchev–Trinajstić information content (AvgIpc) is 2.81. The molecule has 0 radical (unpaired) electrons. The number of likely N-dealkylation sites (tertiary alicyclic amines) is 1. The van der Waals surface area contributed by atoms with E-state index in [0.29, 0.717) is 0 Å². The van der Waals surface area contributed by atoms with Gasteiger partial charge in [-0.2, -0.15) is 0 Å². The maximum Gasteiger partial charge on any atom is 0.331 e. The number of nitrogens with zero attached hydrogens (tertiary/aromatic N) is 1. The van der Waals surface area contributed by atoms with E-state index in [1.165, 1.54) is 6.08 Å². The highest BCUT2D eigenvalue weighted by atomic mass is 79.9. The highest BCUT2D eigenvalue weighted by molar-refractivity contribution is 9.10. The average molecular weight is 420 g/mol. The smallest absolute Gasteiger partial charge is 0.331 e. The lowest BCUT2D eigenvalue weighted by atomic mass is 9.65. The minimum absolute atomic E-state index is 0.0817. The number of rotatable bonds is 4. The zero-order valence-corrected chi connectivity index (χ0v) is 17.2. The SMILES string of the molecule is CC1(C)C[C@H]2C[C@](C)(CN2C(=O)COC(=O)/C=C/c2ccc(Br)cc2)C1. The van der Waals surface area contributed by atoms with Crippen LogP contribution in [0.25, 0.3) is 6.08 Å². The number of carbonyl (C=O) groups excluding carboxylic acids is 2. The number of carbonyl (C=O) groups is 2. The van der Waals surface area contributed by atoms with Gasteiger partial charge in [-0.05, 0) is 53.9 Å². The molecule has 1 aromatic carbocycles. The highest BCUT2D eigenvalue weighted by Crippen LogP contribution is 2.52. The molecular formula is C21H26BrNO3. The van der Waals surface area contributed by atoms with Gasteiger partial charge in [0.2, 0.25) is 0 Å². The van der Waals surface area contributed by atoms with E-state index < -0.39 is 5.97 Å². The van der Waals surface area contributed by atoms with Gasteiger partial charge in [-0.3, -0.25) is 4.79 Å². The lowest BCUT2D eigenvalue weighted by molar-refractivity contribution is -0.148. The predicted molar refractivity (Wildman–Crippen MR) is 105 cm³/mol. The molecule has 1 heterocycles. The van der Waals surface area contributed by atoms with Crippen molar-refractivity contribution in [3.05, 3.63) is 40.4 Å². The van der Waals surface area contributed by atoms with Crippen molar-refractivity contribution >= 4 is 33.9 Å². The summed E-state index contributed by atoms with van der Waals surface area (Å²) in [5, 5.41) is 0. The maximum absolute atomic E-state index is 12.6. The molecule has 1 aromatic rings. The predicted octanol–water partition coefficient (Wildman–Crippen LogP) is 4.43. The molecule has 1 aliphatic carbocycles. The van der Waals surface area contributed by atoms with E-state index in [1.54, 1.807) is 6.08 Å². The lowest BCUT2D eigenvalue weighted by Gasteiger charge is -2.39. The Hall–Kier alpha value is -1.62. The first-order valence-electron chi connectivity index (χ1n) is 9.06. The normalized spacial score (nSPS) is 26.9. The maximum atomic E-state index is 12.6. The molecule has 0 unspecified atom stereocenters.